The van der Waals surface area contributed by atoms with Gasteiger partial charge in [-0.05, 0) is 31.4 Å². The van der Waals surface area contributed by atoms with Crippen LogP contribution in [0.3, 0.4) is 0 Å². The average Bonchev–Trinajstić information content (AvgIpc) is 2.74. The lowest BCUT2D eigenvalue weighted by molar-refractivity contribution is 0.687. The van der Waals surface area contributed by atoms with Crippen molar-refractivity contribution in [3.63, 3.8) is 0 Å². The Bertz CT molecular complexity index is 378. The number of nitrogens with one attached hydrogen (secondary N) is 1. The monoisotopic (exact) mass is 248 g/mol. The molecular weight excluding hydrogens is 228 g/mol. The van der Waals surface area contributed by atoms with Crippen LogP contribution in [0.1, 0.15) is 19.3 Å². The quantitative estimate of drug-likeness (QED) is 0.620. The van der Waals surface area contributed by atoms with Crippen LogP contribution in [0.5, 0.6) is 0 Å². The normalized spacial score (nSPS) is 23.6. The molecule has 1 fully saturated rings. The van der Waals surface area contributed by atoms with E-state index in [2.05, 4.69) is 36.2 Å². The van der Waals surface area contributed by atoms with Gasteiger partial charge in [-0.3, -0.25) is 0 Å². The first kappa shape index (κ1) is 12.5. The minimum atomic E-state index is 0.375. The molecule has 2 rings (SSSR count). The SMILES string of the molecule is C=CCSc1ccccc1NC1CCC(N)C1. The third-order valence-corrected chi connectivity index (χ3v) is 4.15. The molecule has 1 aromatic carbocycles. The highest BCUT2D eigenvalue weighted by Gasteiger charge is 2.21. The van der Waals surface area contributed by atoms with E-state index in [4.69, 9.17) is 5.73 Å². The van der Waals surface area contributed by atoms with Crippen LogP contribution in [-0.4, -0.2) is 17.8 Å². The predicted molar refractivity (Wildman–Crippen MR) is 76.6 cm³/mol. The summed E-state index contributed by atoms with van der Waals surface area (Å²) >= 11 is 1.82. The number of rotatable bonds is 5. The Kier molecular flexibility index (Phi) is 4.51. The number of hydrogen-bond donors (Lipinski definition) is 2. The van der Waals surface area contributed by atoms with E-state index in [-0.39, 0.29) is 0 Å². The smallest absolute Gasteiger partial charge is 0.0480 e. The first-order chi connectivity index (χ1) is 8.29. The Morgan fingerprint density at radius 2 is 2.24 bits per heavy atom. The molecule has 1 aromatic rings. The van der Waals surface area contributed by atoms with Gasteiger partial charge in [0.2, 0.25) is 0 Å². The maximum Gasteiger partial charge on any atom is 0.0480 e. The molecule has 0 saturated heterocycles. The predicted octanol–water partition coefficient (Wildman–Crippen LogP) is 3.26. The van der Waals surface area contributed by atoms with Gasteiger partial charge >= 0.3 is 0 Å². The topological polar surface area (TPSA) is 38.0 Å². The van der Waals surface area contributed by atoms with Crippen molar-refractivity contribution < 1.29 is 0 Å². The van der Waals surface area contributed by atoms with E-state index >= 15 is 0 Å². The first-order valence-corrected chi connectivity index (χ1v) is 7.13. The Labute approximate surface area is 108 Å². The van der Waals surface area contributed by atoms with Gasteiger partial charge in [0.1, 0.15) is 0 Å². The van der Waals surface area contributed by atoms with E-state index in [0.717, 1.165) is 18.6 Å². The molecule has 2 nitrogen and oxygen atoms in total. The number of hydrogen-bond acceptors (Lipinski definition) is 3. The highest BCUT2D eigenvalue weighted by Crippen LogP contribution is 2.30. The van der Waals surface area contributed by atoms with E-state index in [1.165, 1.54) is 17.0 Å². The van der Waals surface area contributed by atoms with E-state index in [1.807, 2.05) is 17.8 Å². The van der Waals surface area contributed by atoms with E-state index in [0.29, 0.717) is 12.1 Å². The van der Waals surface area contributed by atoms with Crippen molar-refractivity contribution in [1.29, 1.82) is 0 Å². The summed E-state index contributed by atoms with van der Waals surface area (Å²) in [5.74, 6) is 0.947. The molecule has 1 saturated carbocycles. The van der Waals surface area contributed by atoms with Gasteiger partial charge in [0.15, 0.2) is 0 Å². The summed E-state index contributed by atoms with van der Waals surface area (Å²) in [7, 11) is 0. The summed E-state index contributed by atoms with van der Waals surface area (Å²) in [6.07, 6.45) is 5.34. The third-order valence-electron chi connectivity index (χ3n) is 3.08. The average molecular weight is 248 g/mol. The van der Waals surface area contributed by atoms with Crippen molar-refractivity contribution in [1.82, 2.24) is 0 Å². The highest BCUT2D eigenvalue weighted by atomic mass is 32.2. The Morgan fingerprint density at radius 1 is 1.41 bits per heavy atom. The zero-order chi connectivity index (χ0) is 12.1. The highest BCUT2D eigenvalue weighted by molar-refractivity contribution is 7.99. The summed E-state index contributed by atoms with van der Waals surface area (Å²) in [5.41, 5.74) is 7.17. The van der Waals surface area contributed by atoms with Gasteiger partial charge in [0.05, 0.1) is 0 Å². The second-order valence-electron chi connectivity index (χ2n) is 4.51. The molecule has 2 unspecified atom stereocenters. The third kappa shape index (κ3) is 3.51. The second kappa shape index (κ2) is 6.12. The summed E-state index contributed by atoms with van der Waals surface area (Å²) < 4.78 is 0. The number of anilines is 1. The van der Waals surface area contributed by atoms with Gasteiger partial charge in [-0.2, -0.15) is 0 Å². The van der Waals surface area contributed by atoms with Crippen LogP contribution in [0.15, 0.2) is 41.8 Å². The summed E-state index contributed by atoms with van der Waals surface area (Å²) in [5, 5.41) is 3.61. The van der Waals surface area contributed by atoms with Crippen LogP contribution >= 0.6 is 11.8 Å². The van der Waals surface area contributed by atoms with Crippen molar-refractivity contribution in [3.05, 3.63) is 36.9 Å². The zero-order valence-corrected chi connectivity index (χ0v) is 10.9. The minimum absolute atomic E-state index is 0.375. The number of thioether (sulfide) groups is 1. The van der Waals surface area contributed by atoms with Crippen molar-refractivity contribution in [2.45, 2.75) is 36.2 Å². The Morgan fingerprint density at radius 3 is 2.94 bits per heavy atom. The molecule has 0 amide bonds. The Hall–Kier alpha value is -0.930. The summed E-state index contributed by atoms with van der Waals surface area (Å²) in [6.45, 7) is 3.76. The fraction of sp³-hybridized carbons (Fsp3) is 0.429. The second-order valence-corrected chi connectivity index (χ2v) is 5.57. The molecule has 0 radical (unpaired) electrons. The molecule has 1 aliphatic rings. The first-order valence-electron chi connectivity index (χ1n) is 6.14. The maximum atomic E-state index is 5.94. The lowest BCUT2D eigenvalue weighted by Gasteiger charge is -2.16. The van der Waals surface area contributed by atoms with Gasteiger partial charge in [-0.25, -0.2) is 0 Å². The molecule has 0 aliphatic heterocycles. The van der Waals surface area contributed by atoms with Crippen LogP contribution < -0.4 is 11.1 Å². The molecule has 2 atom stereocenters. The van der Waals surface area contributed by atoms with Crippen LogP contribution in [0.4, 0.5) is 5.69 Å². The van der Waals surface area contributed by atoms with Gasteiger partial charge in [-0.15, -0.1) is 18.3 Å². The standard InChI is InChI=1S/C14H20N2S/c1-2-9-17-14-6-4-3-5-13(14)16-12-8-7-11(15)10-12/h2-6,11-12,16H,1,7-10,15H2. The number of nitrogens with two attached hydrogens (primary N) is 1. The Balaban J connectivity index is 2.01. The van der Waals surface area contributed by atoms with E-state index < -0.39 is 0 Å². The number of para-hydroxylation sites is 1. The molecular formula is C14H20N2S. The summed E-state index contributed by atoms with van der Waals surface area (Å²) in [6, 6.07) is 9.38. The van der Waals surface area contributed by atoms with Crippen LogP contribution in [0.25, 0.3) is 0 Å². The molecule has 92 valence electrons. The van der Waals surface area contributed by atoms with Crippen LogP contribution in [-0.2, 0) is 0 Å². The maximum absolute atomic E-state index is 5.94. The molecule has 0 spiro atoms. The fourth-order valence-corrected chi connectivity index (χ4v) is 2.98. The lowest BCUT2D eigenvalue weighted by atomic mass is 10.2. The van der Waals surface area contributed by atoms with Gasteiger partial charge in [-0.1, -0.05) is 18.2 Å². The van der Waals surface area contributed by atoms with E-state index in [1.54, 1.807) is 0 Å². The fourth-order valence-electron chi connectivity index (χ4n) is 2.23. The van der Waals surface area contributed by atoms with Crippen molar-refractivity contribution in [3.8, 4) is 0 Å². The van der Waals surface area contributed by atoms with Gasteiger partial charge in [0.25, 0.3) is 0 Å². The van der Waals surface area contributed by atoms with Crippen LogP contribution in [0.2, 0.25) is 0 Å². The van der Waals surface area contributed by atoms with Crippen molar-refractivity contribution in [2.24, 2.45) is 5.73 Å². The molecule has 17 heavy (non-hydrogen) atoms. The largest absolute Gasteiger partial charge is 0.381 e. The molecule has 0 aromatic heterocycles. The minimum Gasteiger partial charge on any atom is -0.381 e. The summed E-state index contributed by atoms with van der Waals surface area (Å²) in [4.78, 5) is 1.30. The number of benzene rings is 1. The molecule has 3 heteroatoms. The lowest BCUT2D eigenvalue weighted by Crippen LogP contribution is -2.20. The van der Waals surface area contributed by atoms with Gasteiger partial charge < -0.3 is 11.1 Å². The zero-order valence-electron chi connectivity index (χ0n) is 10.1. The van der Waals surface area contributed by atoms with Gasteiger partial charge in [0, 0.05) is 28.4 Å². The van der Waals surface area contributed by atoms with Crippen molar-refractivity contribution >= 4 is 17.4 Å². The molecule has 0 heterocycles. The van der Waals surface area contributed by atoms with E-state index in [9.17, 15) is 0 Å². The van der Waals surface area contributed by atoms with Crippen molar-refractivity contribution in [2.75, 3.05) is 11.1 Å². The molecule has 0 bridgehead atoms. The molecule has 1 aliphatic carbocycles. The van der Waals surface area contributed by atoms with Crippen LogP contribution in [0, 0.1) is 0 Å². The molecule has 3 N–H and O–H groups in total.